The molecule has 0 spiro atoms. The molecule has 0 bridgehead atoms. The Morgan fingerprint density at radius 2 is 1.69 bits per heavy atom. The number of carbonyl (C=O) groups excluding carboxylic acids is 1. The molecule has 0 aromatic heterocycles. The third-order valence-electron chi connectivity index (χ3n) is 4.72. The van der Waals surface area contributed by atoms with Gasteiger partial charge in [-0.15, -0.1) is 0 Å². The second-order valence-electron chi connectivity index (χ2n) is 7.09. The molecular formula is C20H39NaO7S. The first-order valence-corrected chi connectivity index (χ1v) is 11.4. The van der Waals surface area contributed by atoms with Gasteiger partial charge in [-0.3, -0.25) is 9.83 Å². The predicted octanol–water partition coefficient (Wildman–Crippen LogP) is 1.83. The maximum atomic E-state index is 12.5. The van der Waals surface area contributed by atoms with E-state index < -0.39 is 4.75 Å². The van der Waals surface area contributed by atoms with E-state index in [2.05, 4.69) is 23.2 Å². The fraction of sp³-hybridized carbons (Fsp3) is 0.950. The van der Waals surface area contributed by atoms with Gasteiger partial charge in [0.25, 0.3) is 0 Å². The summed E-state index contributed by atoms with van der Waals surface area (Å²) in [5.41, 5.74) is 0. The topological polar surface area (TPSA) is 86.3 Å². The Balaban J connectivity index is 0. The molecule has 0 rings (SSSR count). The molecule has 0 aromatic carbocycles. The van der Waals surface area contributed by atoms with Gasteiger partial charge in [0, 0.05) is 12.0 Å². The van der Waals surface area contributed by atoms with E-state index in [0.717, 1.165) is 69.8 Å². The van der Waals surface area contributed by atoms with Crippen molar-refractivity contribution in [1.82, 2.24) is 0 Å². The van der Waals surface area contributed by atoms with Crippen molar-refractivity contribution in [1.29, 1.82) is 0 Å². The van der Waals surface area contributed by atoms with E-state index in [-0.39, 0.29) is 54.7 Å². The van der Waals surface area contributed by atoms with E-state index in [1.807, 2.05) is 13.8 Å². The summed E-state index contributed by atoms with van der Waals surface area (Å²) >= 11 is 0.785. The van der Waals surface area contributed by atoms with Gasteiger partial charge in [0.15, 0.2) is 0 Å². The summed E-state index contributed by atoms with van der Waals surface area (Å²) in [6.45, 7) is 8.77. The average Bonchev–Trinajstić information content (AvgIpc) is 2.70. The van der Waals surface area contributed by atoms with Crippen LogP contribution >= 0.6 is 12.0 Å². The summed E-state index contributed by atoms with van der Waals surface area (Å²) in [4.78, 5) is 23.0. The standard InChI is InChI=1S/C20H40O7S.Na/c1-5-9-11-13-15-23-24-17-20(8-4,28-27-26-22)16-19(21)25-18(7-3)14-12-10-6-2;/h18,22H,5-17H2,1-4H3;/q;+1/p-1. The van der Waals surface area contributed by atoms with E-state index in [1.165, 1.54) is 0 Å². The van der Waals surface area contributed by atoms with Crippen molar-refractivity contribution in [2.24, 2.45) is 0 Å². The second kappa shape index (κ2) is 21.8. The van der Waals surface area contributed by atoms with E-state index in [4.69, 9.17) is 14.5 Å². The number of unbranched alkanes of at least 4 members (excludes halogenated alkanes) is 5. The van der Waals surface area contributed by atoms with Crippen molar-refractivity contribution in [2.45, 2.75) is 109 Å². The number of rotatable bonds is 20. The maximum Gasteiger partial charge on any atom is 1.00 e. The van der Waals surface area contributed by atoms with Crippen molar-refractivity contribution in [3.8, 4) is 0 Å². The molecule has 0 fully saturated rings. The van der Waals surface area contributed by atoms with Crippen LogP contribution in [0.25, 0.3) is 0 Å². The Kier molecular flexibility index (Phi) is 23.9. The molecule has 0 amide bonds. The Morgan fingerprint density at radius 1 is 1.00 bits per heavy atom. The van der Waals surface area contributed by atoms with Crippen molar-refractivity contribution in [2.75, 3.05) is 13.2 Å². The van der Waals surface area contributed by atoms with Gasteiger partial charge in [-0.05, 0) is 32.1 Å². The van der Waals surface area contributed by atoms with Crippen LogP contribution in [0.5, 0.6) is 0 Å². The molecule has 2 unspecified atom stereocenters. The van der Waals surface area contributed by atoms with Crippen molar-refractivity contribution >= 4 is 18.0 Å². The molecule has 0 aromatic rings. The molecule has 0 saturated heterocycles. The normalized spacial score (nSPS) is 14.1. The van der Waals surface area contributed by atoms with Crippen LogP contribution in [0, 0.1) is 0 Å². The van der Waals surface area contributed by atoms with Crippen molar-refractivity contribution in [3.05, 3.63) is 0 Å². The molecular weight excluding hydrogens is 407 g/mol. The summed E-state index contributed by atoms with van der Waals surface area (Å²) in [5, 5.41) is 13.8. The van der Waals surface area contributed by atoms with Crippen LogP contribution in [0.2, 0.25) is 0 Å². The molecule has 0 aliphatic carbocycles. The molecule has 0 heterocycles. The molecule has 7 nitrogen and oxygen atoms in total. The Hall–Kier alpha value is 0.620. The molecule has 29 heavy (non-hydrogen) atoms. The fourth-order valence-corrected chi connectivity index (χ4v) is 3.29. The summed E-state index contributed by atoms with van der Waals surface area (Å²) < 4.78 is 9.35. The Morgan fingerprint density at radius 3 is 2.28 bits per heavy atom. The van der Waals surface area contributed by atoms with Crippen molar-refractivity contribution in [3.63, 3.8) is 0 Å². The minimum absolute atomic E-state index is 0. The molecule has 0 N–H and O–H groups in total. The van der Waals surface area contributed by atoms with Gasteiger partial charge in [-0.1, -0.05) is 59.8 Å². The SMILES string of the molecule is CCCCCCOOCC(CC)(CC(=O)OC(CC)CCCCC)SOO[O-].[Na+]. The fourth-order valence-electron chi connectivity index (χ4n) is 2.73. The maximum absolute atomic E-state index is 12.5. The number of ether oxygens (including phenoxy) is 1. The Bertz CT molecular complexity index is 377. The zero-order valence-corrected chi connectivity index (χ0v) is 21.9. The zero-order chi connectivity index (χ0) is 21.1. The number of hydrogen-bond acceptors (Lipinski definition) is 8. The largest absolute Gasteiger partial charge is 1.00 e. The molecule has 9 heteroatoms. The summed E-state index contributed by atoms with van der Waals surface area (Å²) in [5.74, 6) is -0.334. The summed E-state index contributed by atoms with van der Waals surface area (Å²) in [6, 6.07) is 0. The second-order valence-corrected chi connectivity index (χ2v) is 8.26. The number of carbonyl (C=O) groups is 1. The van der Waals surface area contributed by atoms with Crippen LogP contribution in [0.4, 0.5) is 0 Å². The first-order valence-electron chi connectivity index (χ1n) is 10.7. The molecule has 0 radical (unpaired) electrons. The molecule has 0 saturated carbocycles. The van der Waals surface area contributed by atoms with Gasteiger partial charge >= 0.3 is 35.5 Å². The molecule has 2 atom stereocenters. The van der Waals surface area contributed by atoms with Gasteiger partial charge in [0.1, 0.15) is 6.10 Å². The molecule has 0 aliphatic rings. The van der Waals surface area contributed by atoms with Crippen LogP contribution < -0.4 is 34.8 Å². The van der Waals surface area contributed by atoms with E-state index >= 15 is 0 Å². The van der Waals surface area contributed by atoms with Crippen LogP contribution in [-0.4, -0.2) is 30.0 Å². The van der Waals surface area contributed by atoms with Gasteiger partial charge in [0.05, 0.1) is 24.4 Å². The first kappa shape index (κ1) is 31.8. The number of hydrogen-bond donors (Lipinski definition) is 0. The first-order chi connectivity index (χ1) is 13.6. The van der Waals surface area contributed by atoms with Crippen LogP contribution in [0.3, 0.4) is 0 Å². The average molecular weight is 447 g/mol. The Labute approximate surface area is 203 Å². The zero-order valence-electron chi connectivity index (χ0n) is 19.0. The smallest absolute Gasteiger partial charge is 0.691 e. The van der Waals surface area contributed by atoms with Crippen LogP contribution in [-0.2, 0) is 28.7 Å². The number of esters is 1. The monoisotopic (exact) mass is 446 g/mol. The van der Waals surface area contributed by atoms with Gasteiger partial charge in [0.2, 0.25) is 0 Å². The van der Waals surface area contributed by atoms with Gasteiger partial charge < -0.3 is 9.99 Å². The van der Waals surface area contributed by atoms with Gasteiger partial charge in [-0.2, -0.15) is 4.33 Å². The predicted molar refractivity (Wildman–Crippen MR) is 108 cm³/mol. The van der Waals surface area contributed by atoms with Crippen LogP contribution in [0.1, 0.15) is 98.3 Å². The third-order valence-corrected chi connectivity index (χ3v) is 5.75. The van der Waals surface area contributed by atoms with Crippen LogP contribution in [0.15, 0.2) is 0 Å². The summed E-state index contributed by atoms with van der Waals surface area (Å²) in [6.07, 6.45) is 9.72. The minimum atomic E-state index is -0.813. The van der Waals surface area contributed by atoms with Crippen molar-refractivity contribution < 1.29 is 63.5 Å². The van der Waals surface area contributed by atoms with E-state index in [9.17, 15) is 10.1 Å². The molecule has 0 aliphatic heterocycles. The quantitative estimate of drug-likeness (QED) is 0.0699. The van der Waals surface area contributed by atoms with E-state index in [1.54, 1.807) is 0 Å². The molecule has 168 valence electrons. The minimum Gasteiger partial charge on any atom is -0.691 e. The van der Waals surface area contributed by atoms with E-state index in [0.29, 0.717) is 13.0 Å². The van der Waals surface area contributed by atoms with Gasteiger partial charge in [-0.25, -0.2) is 9.78 Å². The summed E-state index contributed by atoms with van der Waals surface area (Å²) in [7, 11) is 0. The third kappa shape index (κ3) is 16.9.